The standard InChI is InChI=1S/C10H12ClN3O3/c11-10-12-6-5-7(14-10)13-8(15)3-1-2-4-9(16)17/h5-6H,1-4H2,(H,16,17)(H,12,13,14,15). The second-order valence-electron chi connectivity index (χ2n) is 3.36. The first kappa shape index (κ1) is 13.4. The molecule has 0 fully saturated rings. The number of aliphatic carboxylic acids is 1. The highest BCUT2D eigenvalue weighted by molar-refractivity contribution is 6.28. The molecule has 0 saturated heterocycles. The molecular weight excluding hydrogens is 246 g/mol. The third-order valence-corrected chi connectivity index (χ3v) is 2.12. The zero-order valence-corrected chi connectivity index (χ0v) is 9.78. The van der Waals surface area contributed by atoms with Gasteiger partial charge in [-0.25, -0.2) is 9.97 Å². The summed E-state index contributed by atoms with van der Waals surface area (Å²) in [5, 5.41) is 11.0. The summed E-state index contributed by atoms with van der Waals surface area (Å²) in [6, 6.07) is 1.53. The second-order valence-corrected chi connectivity index (χ2v) is 3.70. The first-order chi connectivity index (χ1) is 8.08. The second kappa shape index (κ2) is 6.80. The molecule has 92 valence electrons. The van der Waals surface area contributed by atoms with E-state index in [1.54, 1.807) is 0 Å². The quantitative estimate of drug-likeness (QED) is 0.598. The van der Waals surface area contributed by atoms with Crippen LogP contribution in [0, 0.1) is 0 Å². The summed E-state index contributed by atoms with van der Waals surface area (Å²) in [6.07, 6.45) is 2.78. The molecule has 2 N–H and O–H groups in total. The summed E-state index contributed by atoms with van der Waals surface area (Å²) in [4.78, 5) is 29.1. The van der Waals surface area contributed by atoms with Gasteiger partial charge in [-0.2, -0.15) is 0 Å². The van der Waals surface area contributed by atoms with Crippen molar-refractivity contribution in [3.05, 3.63) is 17.5 Å². The van der Waals surface area contributed by atoms with Gasteiger partial charge >= 0.3 is 5.97 Å². The predicted octanol–water partition coefficient (Wildman–Crippen LogP) is 1.71. The van der Waals surface area contributed by atoms with Crippen LogP contribution in [0.5, 0.6) is 0 Å². The van der Waals surface area contributed by atoms with Crippen LogP contribution in [0.1, 0.15) is 25.7 Å². The maximum Gasteiger partial charge on any atom is 0.303 e. The number of unbranched alkanes of at least 4 members (excludes halogenated alkanes) is 1. The summed E-state index contributed by atoms with van der Waals surface area (Å²) < 4.78 is 0. The fourth-order valence-electron chi connectivity index (χ4n) is 1.17. The molecule has 0 unspecified atom stereocenters. The number of carbonyl (C=O) groups is 2. The van der Waals surface area contributed by atoms with Crippen LogP contribution >= 0.6 is 11.6 Å². The van der Waals surface area contributed by atoms with Crippen molar-refractivity contribution < 1.29 is 14.7 Å². The highest BCUT2D eigenvalue weighted by atomic mass is 35.5. The molecule has 1 rings (SSSR count). The fourth-order valence-corrected chi connectivity index (χ4v) is 1.32. The van der Waals surface area contributed by atoms with Crippen LogP contribution in [0.25, 0.3) is 0 Å². The minimum absolute atomic E-state index is 0.0636. The van der Waals surface area contributed by atoms with E-state index in [0.29, 0.717) is 18.7 Å². The van der Waals surface area contributed by atoms with E-state index in [4.69, 9.17) is 16.7 Å². The first-order valence-electron chi connectivity index (χ1n) is 5.08. The van der Waals surface area contributed by atoms with E-state index in [-0.39, 0.29) is 24.0 Å². The number of hydrogen-bond acceptors (Lipinski definition) is 4. The topological polar surface area (TPSA) is 92.2 Å². The molecule has 0 aliphatic rings. The summed E-state index contributed by atoms with van der Waals surface area (Å²) in [5.41, 5.74) is 0. The molecule has 0 atom stereocenters. The van der Waals surface area contributed by atoms with E-state index in [0.717, 1.165) is 0 Å². The fraction of sp³-hybridized carbons (Fsp3) is 0.400. The van der Waals surface area contributed by atoms with Gasteiger partial charge in [0, 0.05) is 19.0 Å². The molecule has 17 heavy (non-hydrogen) atoms. The number of anilines is 1. The van der Waals surface area contributed by atoms with Gasteiger partial charge in [-0.1, -0.05) is 0 Å². The maximum absolute atomic E-state index is 11.4. The van der Waals surface area contributed by atoms with Crippen molar-refractivity contribution in [1.29, 1.82) is 0 Å². The van der Waals surface area contributed by atoms with Gasteiger partial charge in [-0.05, 0) is 30.5 Å². The van der Waals surface area contributed by atoms with Crippen molar-refractivity contribution in [2.45, 2.75) is 25.7 Å². The first-order valence-corrected chi connectivity index (χ1v) is 5.46. The lowest BCUT2D eigenvalue weighted by Gasteiger charge is -2.03. The van der Waals surface area contributed by atoms with Crippen molar-refractivity contribution in [2.75, 3.05) is 5.32 Å². The molecule has 0 radical (unpaired) electrons. The Morgan fingerprint density at radius 2 is 2.06 bits per heavy atom. The molecule has 0 saturated carbocycles. The van der Waals surface area contributed by atoms with Crippen LogP contribution in [-0.4, -0.2) is 27.0 Å². The predicted molar refractivity (Wildman–Crippen MR) is 61.8 cm³/mol. The van der Waals surface area contributed by atoms with E-state index in [1.807, 2.05) is 0 Å². The van der Waals surface area contributed by atoms with Gasteiger partial charge in [0.2, 0.25) is 11.2 Å². The van der Waals surface area contributed by atoms with E-state index >= 15 is 0 Å². The van der Waals surface area contributed by atoms with Crippen molar-refractivity contribution in [1.82, 2.24) is 9.97 Å². The molecule has 0 aromatic carbocycles. The number of hydrogen-bond donors (Lipinski definition) is 2. The van der Waals surface area contributed by atoms with Crippen LogP contribution in [0.2, 0.25) is 5.28 Å². The minimum Gasteiger partial charge on any atom is -0.481 e. The van der Waals surface area contributed by atoms with Gasteiger partial charge in [-0.3, -0.25) is 9.59 Å². The van der Waals surface area contributed by atoms with Crippen LogP contribution in [0.15, 0.2) is 12.3 Å². The third kappa shape index (κ3) is 5.82. The normalized spacial score (nSPS) is 9.94. The van der Waals surface area contributed by atoms with E-state index in [1.165, 1.54) is 12.3 Å². The van der Waals surface area contributed by atoms with E-state index in [2.05, 4.69) is 15.3 Å². The Kier molecular flexibility index (Phi) is 5.35. The molecule has 0 aliphatic heterocycles. The lowest BCUT2D eigenvalue weighted by Crippen LogP contribution is -2.12. The van der Waals surface area contributed by atoms with Gasteiger partial charge < -0.3 is 10.4 Å². The minimum atomic E-state index is -0.854. The van der Waals surface area contributed by atoms with Gasteiger partial charge in [0.25, 0.3) is 0 Å². The molecule has 0 bridgehead atoms. The third-order valence-electron chi connectivity index (χ3n) is 1.94. The van der Waals surface area contributed by atoms with E-state index in [9.17, 15) is 9.59 Å². The monoisotopic (exact) mass is 257 g/mol. The number of nitrogens with zero attached hydrogens (tertiary/aromatic N) is 2. The van der Waals surface area contributed by atoms with Crippen LogP contribution < -0.4 is 5.32 Å². The van der Waals surface area contributed by atoms with Crippen molar-refractivity contribution in [3.8, 4) is 0 Å². The van der Waals surface area contributed by atoms with Crippen LogP contribution in [0.4, 0.5) is 5.82 Å². The number of nitrogens with one attached hydrogen (secondary N) is 1. The summed E-state index contributed by atoms with van der Waals surface area (Å²) >= 11 is 5.55. The molecule has 1 amide bonds. The van der Waals surface area contributed by atoms with Crippen molar-refractivity contribution in [2.24, 2.45) is 0 Å². The van der Waals surface area contributed by atoms with Crippen molar-refractivity contribution in [3.63, 3.8) is 0 Å². The number of amides is 1. The molecule has 7 heteroatoms. The molecule has 6 nitrogen and oxygen atoms in total. The lowest BCUT2D eigenvalue weighted by atomic mass is 10.2. The van der Waals surface area contributed by atoms with Gasteiger partial charge in [0.15, 0.2) is 0 Å². The van der Waals surface area contributed by atoms with Crippen molar-refractivity contribution >= 4 is 29.3 Å². The largest absolute Gasteiger partial charge is 0.481 e. The Balaban J connectivity index is 2.27. The van der Waals surface area contributed by atoms with Crippen LogP contribution in [-0.2, 0) is 9.59 Å². The highest BCUT2D eigenvalue weighted by Crippen LogP contribution is 2.07. The zero-order chi connectivity index (χ0) is 12.7. The number of carbonyl (C=O) groups excluding carboxylic acids is 1. The summed E-state index contributed by atoms with van der Waals surface area (Å²) in [7, 11) is 0. The Morgan fingerprint density at radius 1 is 1.35 bits per heavy atom. The molecule has 1 aromatic heterocycles. The average molecular weight is 258 g/mol. The average Bonchev–Trinajstić information content (AvgIpc) is 2.24. The zero-order valence-electron chi connectivity index (χ0n) is 9.02. The number of aromatic nitrogens is 2. The smallest absolute Gasteiger partial charge is 0.303 e. The number of rotatable bonds is 6. The van der Waals surface area contributed by atoms with E-state index < -0.39 is 5.97 Å². The SMILES string of the molecule is O=C(O)CCCCC(=O)Nc1ccnc(Cl)n1. The Bertz CT molecular complexity index is 412. The Hall–Kier alpha value is -1.69. The number of carboxylic acids is 1. The summed E-state index contributed by atoms with van der Waals surface area (Å²) in [6.45, 7) is 0. The number of halogens is 1. The molecular formula is C10H12ClN3O3. The molecule has 1 heterocycles. The molecule has 0 aliphatic carbocycles. The molecule has 0 spiro atoms. The Morgan fingerprint density at radius 3 is 2.71 bits per heavy atom. The summed E-state index contributed by atoms with van der Waals surface area (Å²) in [5.74, 6) is -0.730. The maximum atomic E-state index is 11.4. The molecule has 1 aromatic rings. The van der Waals surface area contributed by atoms with Gasteiger partial charge in [-0.15, -0.1) is 0 Å². The van der Waals surface area contributed by atoms with Crippen LogP contribution in [0.3, 0.4) is 0 Å². The van der Waals surface area contributed by atoms with Gasteiger partial charge in [0.1, 0.15) is 5.82 Å². The number of carboxylic acid groups (broad SMARTS) is 1. The highest BCUT2D eigenvalue weighted by Gasteiger charge is 2.04. The Labute approximate surface area is 103 Å². The van der Waals surface area contributed by atoms with Gasteiger partial charge in [0.05, 0.1) is 0 Å². The lowest BCUT2D eigenvalue weighted by molar-refractivity contribution is -0.137.